The van der Waals surface area contributed by atoms with Crippen molar-refractivity contribution in [3.05, 3.63) is 63.9 Å². The highest BCUT2D eigenvalue weighted by Crippen LogP contribution is 2.53. The van der Waals surface area contributed by atoms with E-state index in [-0.39, 0.29) is 0 Å². The molecule has 4 aliphatic rings. The first-order chi connectivity index (χ1) is 13.2. The van der Waals surface area contributed by atoms with Crippen molar-refractivity contribution >= 4 is 30.0 Å². The van der Waals surface area contributed by atoms with E-state index in [1.54, 1.807) is 0 Å². The van der Waals surface area contributed by atoms with Crippen LogP contribution >= 0.6 is 12.6 Å². The highest BCUT2D eigenvalue weighted by Gasteiger charge is 2.36. The fraction of sp³-hybridized carbons (Fsp3) is 0.333. The number of nitrogens with zero attached hydrogens (tertiary/aromatic N) is 1. The lowest BCUT2D eigenvalue weighted by atomic mass is 9.79. The summed E-state index contributed by atoms with van der Waals surface area (Å²) in [5.41, 5.74) is 9.57. The third-order valence-corrected chi connectivity index (χ3v) is 7.03. The summed E-state index contributed by atoms with van der Waals surface area (Å²) in [6, 6.07) is 10.7. The molecule has 2 aromatic carbocycles. The molecule has 0 aromatic heterocycles. The Bertz CT molecular complexity index is 1050. The summed E-state index contributed by atoms with van der Waals surface area (Å²) < 4.78 is 6.61. The van der Waals surface area contributed by atoms with Gasteiger partial charge in [0, 0.05) is 52.4 Å². The van der Waals surface area contributed by atoms with E-state index >= 15 is 0 Å². The number of hydrogen-bond donors (Lipinski definition) is 1. The average Bonchev–Trinajstić information content (AvgIpc) is 2.67. The van der Waals surface area contributed by atoms with Crippen LogP contribution in [0.15, 0.2) is 46.6 Å². The molecule has 2 nitrogen and oxygen atoms in total. The van der Waals surface area contributed by atoms with E-state index in [1.165, 1.54) is 65.0 Å². The van der Waals surface area contributed by atoms with Crippen molar-refractivity contribution in [2.75, 3.05) is 18.0 Å². The molecule has 0 fully saturated rings. The van der Waals surface area contributed by atoms with Gasteiger partial charge in [-0.1, -0.05) is 25.1 Å². The molecule has 0 saturated heterocycles. The van der Waals surface area contributed by atoms with Gasteiger partial charge in [-0.3, -0.25) is 0 Å². The SMILES string of the molecule is CC1CCN2CCCc3c4c(cc1c32)C=C1CC(c2ccccc2S)=C1O4. The summed E-state index contributed by atoms with van der Waals surface area (Å²) >= 11 is 4.66. The van der Waals surface area contributed by atoms with E-state index in [0.717, 1.165) is 29.2 Å². The normalized spacial score (nSPS) is 22.2. The van der Waals surface area contributed by atoms with E-state index < -0.39 is 0 Å². The lowest BCUT2D eigenvalue weighted by Gasteiger charge is -2.42. The molecule has 0 radical (unpaired) electrons. The first kappa shape index (κ1) is 15.9. The molecule has 0 amide bonds. The van der Waals surface area contributed by atoms with E-state index in [1.807, 2.05) is 6.07 Å². The van der Waals surface area contributed by atoms with Gasteiger partial charge in [0.2, 0.25) is 0 Å². The second kappa shape index (κ2) is 5.68. The predicted octanol–water partition coefficient (Wildman–Crippen LogP) is 5.83. The maximum Gasteiger partial charge on any atom is 0.139 e. The van der Waals surface area contributed by atoms with Crippen molar-refractivity contribution in [1.29, 1.82) is 0 Å². The Kier molecular flexibility index (Phi) is 3.34. The third kappa shape index (κ3) is 2.21. The molecule has 3 heteroatoms. The molecule has 1 aliphatic carbocycles. The van der Waals surface area contributed by atoms with Crippen molar-refractivity contribution in [1.82, 2.24) is 0 Å². The number of ether oxygens (including phenoxy) is 1. The van der Waals surface area contributed by atoms with Gasteiger partial charge in [-0.15, -0.1) is 12.6 Å². The molecular formula is C24H23NOS. The van der Waals surface area contributed by atoms with Gasteiger partial charge in [-0.2, -0.15) is 0 Å². The fourth-order valence-corrected chi connectivity index (χ4v) is 5.47. The molecule has 2 aromatic rings. The number of fused-ring (bicyclic) bond motifs is 3. The Balaban J connectivity index is 1.52. The smallest absolute Gasteiger partial charge is 0.139 e. The Morgan fingerprint density at radius 3 is 2.96 bits per heavy atom. The maximum absolute atomic E-state index is 6.61. The second-order valence-corrected chi connectivity index (χ2v) is 8.75. The molecule has 27 heavy (non-hydrogen) atoms. The molecule has 0 N–H and O–H groups in total. The van der Waals surface area contributed by atoms with Crippen molar-refractivity contribution in [3.8, 4) is 5.75 Å². The highest BCUT2D eigenvalue weighted by atomic mass is 32.1. The minimum absolute atomic E-state index is 0.641. The summed E-state index contributed by atoms with van der Waals surface area (Å²) in [5.74, 6) is 2.82. The average molecular weight is 374 g/mol. The number of benzene rings is 2. The summed E-state index contributed by atoms with van der Waals surface area (Å²) in [6.07, 6.45) is 6.96. The molecule has 3 aliphatic heterocycles. The van der Waals surface area contributed by atoms with Crippen LogP contribution in [0.2, 0.25) is 0 Å². The number of hydrogen-bond acceptors (Lipinski definition) is 3. The Morgan fingerprint density at radius 1 is 1.19 bits per heavy atom. The Hall–Kier alpha value is -2.13. The van der Waals surface area contributed by atoms with Gasteiger partial charge in [0.05, 0.1) is 0 Å². The van der Waals surface area contributed by atoms with Crippen LogP contribution in [-0.2, 0) is 6.42 Å². The lowest BCUT2D eigenvalue weighted by molar-refractivity contribution is 0.410. The van der Waals surface area contributed by atoms with Crippen LogP contribution in [0, 0.1) is 0 Å². The van der Waals surface area contributed by atoms with Crippen LogP contribution in [0.3, 0.4) is 0 Å². The molecule has 0 bridgehead atoms. The molecule has 0 saturated carbocycles. The summed E-state index contributed by atoms with van der Waals surface area (Å²) in [5, 5.41) is 0. The second-order valence-electron chi connectivity index (χ2n) is 8.26. The van der Waals surface area contributed by atoms with Crippen LogP contribution in [0.25, 0.3) is 11.6 Å². The molecule has 6 rings (SSSR count). The molecule has 136 valence electrons. The molecular weight excluding hydrogens is 350 g/mol. The zero-order valence-electron chi connectivity index (χ0n) is 15.6. The number of anilines is 1. The molecule has 0 spiro atoms. The molecule has 1 unspecified atom stereocenters. The van der Waals surface area contributed by atoms with Crippen LogP contribution in [0.1, 0.15) is 54.4 Å². The van der Waals surface area contributed by atoms with Crippen molar-refractivity contribution in [2.45, 2.75) is 43.4 Å². The standard InChI is InChI=1S/C24H23NOS/c1-14-8-10-25-9-4-6-18-22(25)19(14)12-15-11-16-13-20(24(16)26-23(15)18)17-5-2-3-7-21(17)27/h2-3,5,7,11-12,14,27H,4,6,8-10,13H2,1H3. The largest absolute Gasteiger partial charge is 0.456 e. The zero-order chi connectivity index (χ0) is 18.1. The summed E-state index contributed by atoms with van der Waals surface area (Å²) in [6.45, 7) is 4.75. The van der Waals surface area contributed by atoms with Crippen LogP contribution in [0.5, 0.6) is 5.75 Å². The van der Waals surface area contributed by atoms with Gasteiger partial charge < -0.3 is 9.64 Å². The number of rotatable bonds is 1. The lowest BCUT2D eigenvalue weighted by Crippen LogP contribution is -2.36. The van der Waals surface area contributed by atoms with Gasteiger partial charge in [-0.25, -0.2) is 0 Å². The third-order valence-electron chi connectivity index (χ3n) is 6.64. The van der Waals surface area contributed by atoms with Crippen molar-refractivity contribution < 1.29 is 4.74 Å². The Labute approximate surface area is 165 Å². The van der Waals surface area contributed by atoms with E-state index in [0.29, 0.717) is 5.92 Å². The first-order valence-corrected chi connectivity index (χ1v) is 10.5. The zero-order valence-corrected chi connectivity index (χ0v) is 16.5. The van der Waals surface area contributed by atoms with Gasteiger partial charge in [-0.05, 0) is 54.5 Å². The fourth-order valence-electron chi connectivity index (χ4n) is 5.17. The minimum atomic E-state index is 0.641. The van der Waals surface area contributed by atoms with E-state index in [2.05, 4.69) is 54.8 Å². The van der Waals surface area contributed by atoms with Gasteiger partial charge in [0.25, 0.3) is 0 Å². The summed E-state index contributed by atoms with van der Waals surface area (Å²) in [4.78, 5) is 3.62. The van der Waals surface area contributed by atoms with Gasteiger partial charge in [0.15, 0.2) is 0 Å². The maximum atomic E-state index is 6.61. The summed E-state index contributed by atoms with van der Waals surface area (Å²) in [7, 11) is 0. The number of allylic oxidation sites excluding steroid dienone is 2. The highest BCUT2D eigenvalue weighted by molar-refractivity contribution is 7.80. The molecule has 3 heterocycles. The minimum Gasteiger partial charge on any atom is -0.456 e. The van der Waals surface area contributed by atoms with Gasteiger partial charge in [0.1, 0.15) is 11.5 Å². The predicted molar refractivity (Wildman–Crippen MR) is 114 cm³/mol. The number of thiol groups is 1. The van der Waals surface area contributed by atoms with Crippen LogP contribution < -0.4 is 9.64 Å². The first-order valence-electron chi connectivity index (χ1n) is 10.1. The Morgan fingerprint density at radius 2 is 2.07 bits per heavy atom. The van der Waals surface area contributed by atoms with Crippen LogP contribution in [-0.4, -0.2) is 13.1 Å². The monoisotopic (exact) mass is 373 g/mol. The van der Waals surface area contributed by atoms with E-state index in [4.69, 9.17) is 4.74 Å². The van der Waals surface area contributed by atoms with E-state index in [9.17, 15) is 0 Å². The van der Waals surface area contributed by atoms with Gasteiger partial charge >= 0.3 is 0 Å². The topological polar surface area (TPSA) is 12.5 Å². The van der Waals surface area contributed by atoms with Crippen molar-refractivity contribution in [2.24, 2.45) is 0 Å². The van der Waals surface area contributed by atoms with Crippen LogP contribution in [0.4, 0.5) is 5.69 Å². The van der Waals surface area contributed by atoms with Crippen molar-refractivity contribution in [3.63, 3.8) is 0 Å². The quantitative estimate of drug-likeness (QED) is 0.632. The molecule has 1 atom stereocenters.